The molecule has 0 unspecified atom stereocenters. The highest BCUT2D eigenvalue weighted by Gasteiger charge is 2.33. The molecule has 2 aromatic rings. The maximum atomic E-state index is 12.7. The largest absolute Gasteiger partial charge is 0.503 e. The molecule has 1 aliphatic heterocycles. The molecule has 138 valence electrons. The number of amides is 2. The highest BCUT2D eigenvalue weighted by molar-refractivity contribution is 6.33. The Bertz CT molecular complexity index is 967. The third kappa shape index (κ3) is 3.71. The number of phenolic OH excluding ortho intramolecular Hbond substituents is 1. The Labute approximate surface area is 161 Å². The van der Waals surface area contributed by atoms with Gasteiger partial charge >= 0.3 is 0 Å². The van der Waals surface area contributed by atoms with Gasteiger partial charge in [-0.15, -0.1) is 0 Å². The molecule has 7 heteroatoms. The predicted molar refractivity (Wildman–Crippen MR) is 103 cm³/mol. The van der Waals surface area contributed by atoms with Crippen molar-refractivity contribution < 1.29 is 19.4 Å². The first-order valence-electron chi connectivity index (χ1n) is 8.28. The minimum Gasteiger partial charge on any atom is -0.503 e. The van der Waals surface area contributed by atoms with Gasteiger partial charge in [-0.3, -0.25) is 9.59 Å². The quantitative estimate of drug-likeness (QED) is 0.640. The Hall–Kier alpha value is -3.12. The molecule has 2 amide bonds. The van der Waals surface area contributed by atoms with Gasteiger partial charge in [-0.1, -0.05) is 29.8 Å². The van der Waals surface area contributed by atoms with Gasteiger partial charge in [0.05, 0.1) is 22.9 Å². The van der Waals surface area contributed by atoms with E-state index < -0.39 is 11.8 Å². The van der Waals surface area contributed by atoms with Crippen molar-refractivity contribution >= 4 is 35.2 Å². The fraction of sp³-hybridized carbons (Fsp3) is 0.150. The molecule has 0 aromatic heterocycles. The number of hydrazone groups is 1. The van der Waals surface area contributed by atoms with Gasteiger partial charge in [0.1, 0.15) is 0 Å². The van der Waals surface area contributed by atoms with E-state index in [4.69, 9.17) is 16.3 Å². The number of rotatable bonds is 4. The lowest BCUT2D eigenvalue weighted by atomic mass is 10.1. The van der Waals surface area contributed by atoms with E-state index in [0.717, 1.165) is 5.01 Å². The summed E-state index contributed by atoms with van der Waals surface area (Å²) in [5.74, 6) is -0.968. The van der Waals surface area contributed by atoms with Crippen LogP contribution in [0.3, 0.4) is 0 Å². The monoisotopic (exact) mass is 384 g/mol. The van der Waals surface area contributed by atoms with Crippen LogP contribution in [0.15, 0.2) is 53.1 Å². The van der Waals surface area contributed by atoms with E-state index in [0.29, 0.717) is 23.4 Å². The van der Waals surface area contributed by atoms with Crippen molar-refractivity contribution in [3.05, 3.63) is 64.2 Å². The number of ether oxygens (including phenoxy) is 1. The molecular weight excluding hydrogens is 368 g/mol. The molecule has 27 heavy (non-hydrogen) atoms. The molecule has 0 aliphatic carbocycles. The summed E-state index contributed by atoms with van der Waals surface area (Å²) in [4.78, 5) is 25.2. The second kappa shape index (κ2) is 7.63. The second-order valence-corrected chi connectivity index (χ2v) is 6.22. The fourth-order valence-electron chi connectivity index (χ4n) is 2.63. The molecule has 0 saturated heterocycles. The first kappa shape index (κ1) is 18.7. The van der Waals surface area contributed by atoms with Crippen molar-refractivity contribution in [2.24, 2.45) is 5.10 Å². The highest BCUT2D eigenvalue weighted by Crippen LogP contribution is 2.36. The molecule has 1 aliphatic rings. The molecule has 0 fully saturated rings. The summed E-state index contributed by atoms with van der Waals surface area (Å²) in [6.45, 7) is 3.78. The maximum absolute atomic E-state index is 12.7. The van der Waals surface area contributed by atoms with Crippen molar-refractivity contribution in [2.45, 2.75) is 13.8 Å². The number of phenols is 1. The van der Waals surface area contributed by atoms with Gasteiger partial charge in [-0.2, -0.15) is 10.1 Å². The second-order valence-electron chi connectivity index (χ2n) is 5.81. The van der Waals surface area contributed by atoms with Gasteiger partial charge < -0.3 is 9.84 Å². The number of aromatic hydroxyl groups is 1. The summed E-state index contributed by atoms with van der Waals surface area (Å²) in [6.07, 6.45) is 1.56. The lowest BCUT2D eigenvalue weighted by molar-refractivity contribution is -0.123. The van der Waals surface area contributed by atoms with Gasteiger partial charge in [0.2, 0.25) is 0 Å². The number of benzene rings is 2. The first-order valence-corrected chi connectivity index (χ1v) is 8.66. The number of carbonyl (C=O) groups is 2. The lowest BCUT2D eigenvalue weighted by Crippen LogP contribution is -2.29. The van der Waals surface area contributed by atoms with Crippen LogP contribution in [-0.2, 0) is 4.79 Å². The molecule has 0 spiro atoms. The molecule has 0 bridgehead atoms. The third-order valence-electron chi connectivity index (χ3n) is 3.94. The number of halogens is 1. The lowest BCUT2D eigenvalue weighted by Gasteiger charge is -2.10. The number of carbonyl (C=O) groups excluding carboxylic acids is 2. The number of hydrogen-bond donors (Lipinski definition) is 1. The van der Waals surface area contributed by atoms with Crippen LogP contribution in [0.4, 0.5) is 0 Å². The van der Waals surface area contributed by atoms with Crippen LogP contribution in [0, 0.1) is 0 Å². The predicted octanol–water partition coefficient (Wildman–Crippen LogP) is 3.89. The van der Waals surface area contributed by atoms with Crippen molar-refractivity contribution in [3.8, 4) is 11.5 Å². The summed E-state index contributed by atoms with van der Waals surface area (Å²) >= 11 is 6.03. The van der Waals surface area contributed by atoms with Crippen LogP contribution in [0.1, 0.15) is 29.8 Å². The van der Waals surface area contributed by atoms with E-state index in [1.165, 1.54) is 6.07 Å². The van der Waals surface area contributed by atoms with Gasteiger partial charge in [-0.05, 0) is 49.8 Å². The minimum atomic E-state index is -0.525. The van der Waals surface area contributed by atoms with Crippen molar-refractivity contribution in [1.82, 2.24) is 5.01 Å². The maximum Gasteiger partial charge on any atom is 0.283 e. The molecule has 0 radical (unpaired) electrons. The molecular formula is C20H17ClN2O4. The smallest absolute Gasteiger partial charge is 0.283 e. The van der Waals surface area contributed by atoms with Crippen LogP contribution in [0.25, 0.3) is 6.08 Å². The summed E-state index contributed by atoms with van der Waals surface area (Å²) in [5, 5.41) is 15.0. The minimum absolute atomic E-state index is 0.102. The summed E-state index contributed by atoms with van der Waals surface area (Å²) in [7, 11) is 0. The molecule has 2 aromatic carbocycles. The number of nitrogens with zero attached hydrogens (tertiary/aromatic N) is 2. The number of hydrogen-bond acceptors (Lipinski definition) is 5. The Morgan fingerprint density at radius 2 is 2.00 bits per heavy atom. The Kier molecular flexibility index (Phi) is 5.28. The fourth-order valence-corrected chi connectivity index (χ4v) is 2.85. The number of imide groups is 1. The zero-order valence-corrected chi connectivity index (χ0v) is 15.5. The molecule has 0 saturated carbocycles. The SMILES string of the molecule is CCOc1cc(/C=C2/C(=O)N(C(=O)c3ccccc3)N=C2C)cc(Cl)c1O. The average Bonchev–Trinajstić information content (AvgIpc) is 2.94. The average molecular weight is 385 g/mol. The summed E-state index contributed by atoms with van der Waals surface area (Å²) < 4.78 is 5.35. The van der Waals surface area contributed by atoms with Crippen LogP contribution < -0.4 is 4.74 Å². The van der Waals surface area contributed by atoms with Crippen molar-refractivity contribution in [3.63, 3.8) is 0 Å². The van der Waals surface area contributed by atoms with Gasteiger partial charge in [0.15, 0.2) is 11.5 Å². The van der Waals surface area contributed by atoms with Crippen LogP contribution in [0.5, 0.6) is 11.5 Å². The zero-order valence-electron chi connectivity index (χ0n) is 14.8. The molecule has 0 atom stereocenters. The Morgan fingerprint density at radius 1 is 1.30 bits per heavy atom. The van der Waals surface area contributed by atoms with E-state index in [1.54, 1.807) is 56.3 Å². The molecule has 1 heterocycles. The van der Waals surface area contributed by atoms with E-state index >= 15 is 0 Å². The van der Waals surface area contributed by atoms with Gasteiger partial charge in [0, 0.05) is 5.56 Å². The third-order valence-corrected chi connectivity index (χ3v) is 4.23. The van der Waals surface area contributed by atoms with Crippen molar-refractivity contribution in [2.75, 3.05) is 6.61 Å². The summed E-state index contributed by atoms with van der Waals surface area (Å²) in [6, 6.07) is 11.5. The molecule has 3 rings (SSSR count). The Morgan fingerprint density at radius 3 is 2.67 bits per heavy atom. The first-order chi connectivity index (χ1) is 12.9. The van der Waals surface area contributed by atoms with E-state index in [1.807, 2.05) is 0 Å². The van der Waals surface area contributed by atoms with Crippen LogP contribution in [-0.4, -0.2) is 34.2 Å². The van der Waals surface area contributed by atoms with Crippen LogP contribution in [0.2, 0.25) is 5.02 Å². The van der Waals surface area contributed by atoms with E-state index in [2.05, 4.69) is 5.10 Å². The van der Waals surface area contributed by atoms with Gasteiger partial charge in [-0.25, -0.2) is 0 Å². The summed E-state index contributed by atoms with van der Waals surface area (Å²) in [5.41, 5.74) is 1.60. The topological polar surface area (TPSA) is 79.2 Å². The van der Waals surface area contributed by atoms with Gasteiger partial charge in [0.25, 0.3) is 11.8 Å². The molecule has 1 N–H and O–H groups in total. The van der Waals surface area contributed by atoms with Crippen molar-refractivity contribution in [1.29, 1.82) is 0 Å². The van der Waals surface area contributed by atoms with E-state index in [-0.39, 0.29) is 22.1 Å². The standard InChI is InChI=1S/C20H17ClN2O4/c1-3-27-17-11-13(10-16(21)18(17)24)9-15-12(2)22-23(20(15)26)19(25)14-7-5-4-6-8-14/h4-11,24H,3H2,1-2H3/b15-9+. The normalized spacial score (nSPS) is 15.2. The zero-order chi connectivity index (χ0) is 19.6. The molecule has 6 nitrogen and oxygen atoms in total. The van der Waals surface area contributed by atoms with E-state index in [9.17, 15) is 14.7 Å². The van der Waals surface area contributed by atoms with Crippen LogP contribution >= 0.6 is 11.6 Å². The highest BCUT2D eigenvalue weighted by atomic mass is 35.5. The Balaban J connectivity index is 1.94.